The van der Waals surface area contributed by atoms with Gasteiger partial charge in [0.1, 0.15) is 17.1 Å². The molecule has 0 fully saturated rings. The highest BCUT2D eigenvalue weighted by Crippen LogP contribution is 2.53. The van der Waals surface area contributed by atoms with Gasteiger partial charge in [-0.25, -0.2) is 0 Å². The molecule has 23 heavy (non-hydrogen) atoms. The molecule has 2 aliphatic rings. The number of benzene rings is 1. The SMILES string of the molecule is [2H]c1c(O)c2c(c([2H])c1C([2H])([2H])CCCC)OC(C)(C)[C@@H]1CC([2H])([2H])C(C)=C[C@@H]21. The molecule has 1 N–H and O–H groups in total. The van der Waals surface area contributed by atoms with E-state index in [1.54, 1.807) is 13.0 Å². The number of phenols is 1. The van der Waals surface area contributed by atoms with Crippen molar-refractivity contribution in [3.63, 3.8) is 0 Å². The number of phenolic OH excluding ortho intramolecular Hbond substituents is 1. The van der Waals surface area contributed by atoms with Crippen molar-refractivity contribution in [3.05, 3.63) is 34.9 Å². The second-order valence-corrected chi connectivity index (χ2v) is 7.07. The highest BCUT2D eigenvalue weighted by molar-refractivity contribution is 5.53. The maximum Gasteiger partial charge on any atom is 0.127 e. The van der Waals surface area contributed by atoms with Crippen molar-refractivity contribution in [2.75, 3.05) is 0 Å². The largest absolute Gasteiger partial charge is 0.507 e. The lowest BCUT2D eigenvalue weighted by atomic mass is 9.68. The number of rotatable bonds is 4. The zero-order valence-electron chi connectivity index (χ0n) is 20.4. The van der Waals surface area contributed by atoms with Gasteiger partial charge in [-0.15, -0.1) is 0 Å². The third-order valence-electron chi connectivity index (χ3n) is 4.87. The van der Waals surface area contributed by atoms with Crippen molar-refractivity contribution >= 4 is 0 Å². The molecule has 1 aromatic rings. The molecule has 0 aromatic heterocycles. The molecule has 1 heterocycles. The molecule has 0 bridgehead atoms. The van der Waals surface area contributed by atoms with Crippen molar-refractivity contribution in [1.82, 2.24) is 0 Å². The summed E-state index contributed by atoms with van der Waals surface area (Å²) in [6, 6.07) is -0.549. The number of hydrogen-bond acceptors (Lipinski definition) is 2. The van der Waals surface area contributed by atoms with E-state index in [1.165, 1.54) is 0 Å². The number of unbranched alkanes of at least 4 members (excludes halogenated alkanes) is 1. The van der Waals surface area contributed by atoms with Gasteiger partial charge in [0.25, 0.3) is 0 Å². The third kappa shape index (κ3) is 3.13. The van der Waals surface area contributed by atoms with Crippen LogP contribution in [0, 0.1) is 5.92 Å². The standard InChI is InChI=1S/C21H30O2/c1-5-6-7-8-15-12-18(22)20-16-11-14(2)9-10-17(16)21(3,4)23-19(20)13-15/h11-13,16-17,22H,5-10H2,1-4H3/t16-,17-/m1/s1/i8D2,9D2,12D,13D. The van der Waals surface area contributed by atoms with Crippen molar-refractivity contribution in [1.29, 1.82) is 0 Å². The van der Waals surface area contributed by atoms with E-state index in [2.05, 4.69) is 0 Å². The Morgan fingerprint density at radius 1 is 1.43 bits per heavy atom. The van der Waals surface area contributed by atoms with E-state index in [4.69, 9.17) is 13.0 Å². The van der Waals surface area contributed by atoms with Crippen LogP contribution in [0.1, 0.15) is 85.0 Å². The van der Waals surface area contributed by atoms with Crippen LogP contribution in [-0.4, -0.2) is 10.7 Å². The Morgan fingerprint density at radius 2 is 2.22 bits per heavy atom. The van der Waals surface area contributed by atoms with Crippen LogP contribution in [0.5, 0.6) is 11.5 Å². The fraction of sp³-hybridized carbons (Fsp3) is 0.619. The van der Waals surface area contributed by atoms with Gasteiger partial charge >= 0.3 is 0 Å². The average Bonchev–Trinajstić information content (AvgIpc) is 2.59. The normalized spacial score (nSPS) is 31.7. The fourth-order valence-electron chi connectivity index (χ4n) is 3.52. The zero-order valence-corrected chi connectivity index (χ0v) is 14.4. The molecular formula is C21H30O2. The smallest absolute Gasteiger partial charge is 0.127 e. The van der Waals surface area contributed by atoms with Gasteiger partial charge in [0.2, 0.25) is 0 Å². The summed E-state index contributed by atoms with van der Waals surface area (Å²) < 4.78 is 56.7. The van der Waals surface area contributed by atoms with Gasteiger partial charge < -0.3 is 9.84 Å². The lowest BCUT2D eigenvalue weighted by Crippen LogP contribution is -2.45. The van der Waals surface area contributed by atoms with Gasteiger partial charge in [0.15, 0.2) is 0 Å². The second kappa shape index (κ2) is 6.22. The van der Waals surface area contributed by atoms with Crippen LogP contribution in [0.3, 0.4) is 0 Å². The zero-order chi connectivity index (χ0) is 21.9. The maximum atomic E-state index is 10.9. The first kappa shape index (κ1) is 10.4. The van der Waals surface area contributed by atoms with E-state index in [1.807, 2.05) is 20.8 Å². The Morgan fingerprint density at radius 3 is 2.96 bits per heavy atom. The van der Waals surface area contributed by atoms with Crippen molar-refractivity contribution < 1.29 is 18.1 Å². The molecule has 0 saturated carbocycles. The minimum absolute atomic E-state index is 0.117. The summed E-state index contributed by atoms with van der Waals surface area (Å²) in [5.74, 6) is -0.905. The minimum Gasteiger partial charge on any atom is -0.507 e. The van der Waals surface area contributed by atoms with Crippen LogP contribution in [-0.2, 0) is 6.37 Å². The van der Waals surface area contributed by atoms with Crippen LogP contribution in [0.4, 0.5) is 0 Å². The molecule has 2 nitrogen and oxygen atoms in total. The molecule has 1 aliphatic heterocycles. The van der Waals surface area contributed by atoms with Gasteiger partial charge in [-0.1, -0.05) is 31.4 Å². The Hall–Kier alpha value is -1.44. The molecule has 126 valence electrons. The molecule has 2 atom stereocenters. The summed E-state index contributed by atoms with van der Waals surface area (Å²) >= 11 is 0. The highest BCUT2D eigenvalue weighted by atomic mass is 16.5. The molecule has 1 aliphatic carbocycles. The van der Waals surface area contributed by atoms with Gasteiger partial charge in [-0.3, -0.25) is 0 Å². The van der Waals surface area contributed by atoms with Crippen LogP contribution >= 0.6 is 0 Å². The lowest BCUT2D eigenvalue weighted by molar-refractivity contribution is 0.0107. The summed E-state index contributed by atoms with van der Waals surface area (Å²) in [4.78, 5) is 0. The Balaban J connectivity index is 2.26. The van der Waals surface area contributed by atoms with E-state index in [0.29, 0.717) is 17.6 Å². The summed E-state index contributed by atoms with van der Waals surface area (Å²) in [6.07, 6.45) is 0.145. The number of fused-ring (bicyclic) bond motifs is 3. The van der Waals surface area contributed by atoms with E-state index in [-0.39, 0.29) is 53.8 Å². The summed E-state index contributed by atoms with van der Waals surface area (Å²) in [5, 5.41) is 10.9. The predicted molar refractivity (Wildman–Crippen MR) is 95.3 cm³/mol. The summed E-state index contributed by atoms with van der Waals surface area (Å²) in [7, 11) is 0. The molecule has 0 saturated heterocycles. The molecule has 3 rings (SSSR count). The van der Waals surface area contributed by atoms with Crippen molar-refractivity contribution in [2.45, 2.75) is 77.6 Å². The fourth-order valence-corrected chi connectivity index (χ4v) is 3.52. The van der Waals surface area contributed by atoms with Gasteiger partial charge in [-0.05, 0) is 64.0 Å². The quantitative estimate of drug-likeness (QED) is 0.717. The van der Waals surface area contributed by atoms with E-state index >= 15 is 0 Å². The minimum atomic E-state index is -1.92. The van der Waals surface area contributed by atoms with Gasteiger partial charge in [0, 0.05) is 22.9 Å². The second-order valence-electron chi connectivity index (χ2n) is 7.07. The Kier molecular flexibility index (Phi) is 2.82. The number of ether oxygens (including phenoxy) is 1. The number of hydrogen-bond donors (Lipinski definition) is 1. The highest BCUT2D eigenvalue weighted by Gasteiger charge is 2.45. The van der Waals surface area contributed by atoms with Gasteiger partial charge in [-0.2, -0.15) is 0 Å². The molecule has 1 aromatic carbocycles. The molecular weight excluding hydrogens is 284 g/mol. The van der Waals surface area contributed by atoms with Gasteiger partial charge in [0.05, 0.1) is 2.74 Å². The molecule has 2 heteroatoms. The number of allylic oxidation sites excluding steroid dienone is 2. The topological polar surface area (TPSA) is 29.5 Å². The first-order valence-electron chi connectivity index (χ1n) is 11.5. The Labute approximate surface area is 149 Å². The molecule has 0 amide bonds. The monoisotopic (exact) mass is 320 g/mol. The molecule has 0 spiro atoms. The van der Waals surface area contributed by atoms with Crippen molar-refractivity contribution in [3.8, 4) is 11.5 Å². The maximum absolute atomic E-state index is 10.9. The Bertz CT molecular complexity index is 859. The predicted octanol–water partition coefficient (Wildman–Crippen LogP) is 5.74. The third-order valence-corrected chi connectivity index (χ3v) is 4.87. The lowest BCUT2D eigenvalue weighted by Gasteiger charge is -2.46. The van der Waals surface area contributed by atoms with Crippen molar-refractivity contribution in [2.24, 2.45) is 5.92 Å². The van der Waals surface area contributed by atoms with Crippen LogP contribution in [0.2, 0.25) is 0 Å². The molecule has 0 radical (unpaired) electrons. The summed E-state index contributed by atoms with van der Waals surface area (Å²) in [6.45, 7) is 7.35. The first-order chi connectivity index (χ1) is 13.2. The van der Waals surface area contributed by atoms with E-state index < -0.39 is 18.3 Å². The average molecular weight is 321 g/mol. The molecule has 0 unspecified atom stereocenters. The van der Waals surface area contributed by atoms with E-state index in [9.17, 15) is 5.11 Å². The van der Waals surface area contributed by atoms with E-state index in [0.717, 1.165) is 6.42 Å². The number of aromatic hydroxyl groups is 1. The first-order valence-corrected chi connectivity index (χ1v) is 8.49. The van der Waals surface area contributed by atoms with Crippen LogP contribution < -0.4 is 4.74 Å². The summed E-state index contributed by atoms with van der Waals surface area (Å²) in [5.41, 5.74) is -0.0683. The van der Waals surface area contributed by atoms with Crippen LogP contribution in [0.25, 0.3) is 0 Å². The van der Waals surface area contributed by atoms with Crippen LogP contribution in [0.15, 0.2) is 23.7 Å².